The van der Waals surface area contributed by atoms with Crippen molar-refractivity contribution in [1.82, 2.24) is 19.9 Å². The van der Waals surface area contributed by atoms with Crippen LogP contribution in [0.3, 0.4) is 0 Å². The van der Waals surface area contributed by atoms with Gasteiger partial charge in [0.2, 0.25) is 5.88 Å². The Balaban J connectivity index is 1.79. The second-order valence-electron chi connectivity index (χ2n) is 6.10. The number of carbonyl (C=O) groups excluding carboxylic acids is 1. The normalized spacial score (nSPS) is 10.8. The van der Waals surface area contributed by atoms with Gasteiger partial charge in [0.1, 0.15) is 5.69 Å². The van der Waals surface area contributed by atoms with Crippen LogP contribution in [0.5, 0.6) is 11.9 Å². The molecule has 0 unspecified atom stereocenters. The highest BCUT2D eigenvalue weighted by Gasteiger charge is 2.25. The van der Waals surface area contributed by atoms with Gasteiger partial charge in [0.15, 0.2) is 5.13 Å². The Kier molecular flexibility index (Phi) is 5.73. The number of halogens is 1. The molecule has 0 atom stereocenters. The van der Waals surface area contributed by atoms with Crippen molar-refractivity contribution in [3.63, 3.8) is 0 Å². The van der Waals surface area contributed by atoms with Crippen LogP contribution in [0.25, 0.3) is 10.2 Å². The Hall–Kier alpha value is -3.30. The summed E-state index contributed by atoms with van der Waals surface area (Å²) in [5, 5.41) is 1.10. The molecule has 4 rings (SSSR count). The van der Waals surface area contributed by atoms with Crippen molar-refractivity contribution in [1.29, 1.82) is 0 Å². The van der Waals surface area contributed by atoms with Gasteiger partial charge in [0.25, 0.3) is 5.91 Å². The van der Waals surface area contributed by atoms with Crippen molar-refractivity contribution < 1.29 is 14.3 Å². The molecule has 0 bridgehead atoms. The van der Waals surface area contributed by atoms with E-state index in [9.17, 15) is 4.79 Å². The van der Waals surface area contributed by atoms with Crippen LogP contribution in [0.4, 0.5) is 5.13 Å². The topological polar surface area (TPSA) is 90.3 Å². The van der Waals surface area contributed by atoms with Gasteiger partial charge in [-0.05, 0) is 30.3 Å². The number of fused-ring (bicyclic) bond motifs is 1. The van der Waals surface area contributed by atoms with Crippen molar-refractivity contribution in [2.24, 2.45) is 0 Å². The second kappa shape index (κ2) is 8.60. The van der Waals surface area contributed by atoms with E-state index in [1.54, 1.807) is 12.3 Å². The molecule has 0 N–H and O–H groups in total. The van der Waals surface area contributed by atoms with Crippen molar-refractivity contribution in [3.05, 3.63) is 65.1 Å². The lowest BCUT2D eigenvalue weighted by molar-refractivity contribution is 0.0978. The summed E-state index contributed by atoms with van der Waals surface area (Å²) in [5.41, 5.74) is 1.57. The van der Waals surface area contributed by atoms with E-state index in [4.69, 9.17) is 21.1 Å². The first-order valence-corrected chi connectivity index (χ1v) is 10.0. The zero-order chi connectivity index (χ0) is 21.1. The van der Waals surface area contributed by atoms with Crippen molar-refractivity contribution >= 4 is 44.2 Å². The molecule has 4 aromatic rings. The Labute approximate surface area is 181 Å². The minimum absolute atomic E-state index is 0.0339. The summed E-state index contributed by atoms with van der Waals surface area (Å²) >= 11 is 7.46. The minimum atomic E-state index is -0.384. The number of pyridine rings is 1. The summed E-state index contributed by atoms with van der Waals surface area (Å²) in [6, 6.07) is 12.4. The zero-order valence-electron chi connectivity index (χ0n) is 16.1. The SMILES string of the molecule is COc1cc(C(=O)N(Cc2ccccn2)c2nc3ccc(Cl)cc3s2)nc(OC)n1. The predicted molar refractivity (Wildman–Crippen MR) is 115 cm³/mol. The number of thiazole rings is 1. The summed E-state index contributed by atoms with van der Waals surface area (Å²) in [4.78, 5) is 32.2. The number of carbonyl (C=O) groups is 1. The van der Waals surface area contributed by atoms with Crippen molar-refractivity contribution in [2.45, 2.75) is 6.54 Å². The summed E-state index contributed by atoms with van der Waals surface area (Å²) in [6.45, 7) is 0.210. The fourth-order valence-corrected chi connectivity index (χ4v) is 3.97. The molecule has 3 heterocycles. The van der Waals surface area contributed by atoms with Gasteiger partial charge < -0.3 is 9.47 Å². The van der Waals surface area contributed by atoms with Gasteiger partial charge >= 0.3 is 6.01 Å². The number of hydrogen-bond acceptors (Lipinski definition) is 8. The van der Waals surface area contributed by atoms with Crippen LogP contribution in [0, 0.1) is 0 Å². The molecule has 0 aliphatic rings. The lowest BCUT2D eigenvalue weighted by Gasteiger charge is -2.19. The molecule has 0 radical (unpaired) electrons. The number of benzene rings is 1. The van der Waals surface area contributed by atoms with E-state index in [1.165, 1.54) is 36.5 Å². The molecule has 0 saturated carbocycles. The molecule has 0 saturated heterocycles. The largest absolute Gasteiger partial charge is 0.481 e. The predicted octanol–water partition coefficient (Wildman–Crippen LogP) is 4.00. The van der Waals surface area contributed by atoms with Crippen LogP contribution in [0.2, 0.25) is 5.02 Å². The highest BCUT2D eigenvalue weighted by Crippen LogP contribution is 2.32. The van der Waals surface area contributed by atoms with Crippen LogP contribution in [-0.2, 0) is 6.54 Å². The molecular weight excluding hydrogens is 426 g/mol. The maximum Gasteiger partial charge on any atom is 0.320 e. The monoisotopic (exact) mass is 441 g/mol. The molecular formula is C20H16ClN5O3S. The van der Waals surface area contributed by atoms with Gasteiger partial charge in [0, 0.05) is 17.3 Å². The van der Waals surface area contributed by atoms with Gasteiger partial charge in [-0.2, -0.15) is 9.97 Å². The van der Waals surface area contributed by atoms with Crippen LogP contribution >= 0.6 is 22.9 Å². The minimum Gasteiger partial charge on any atom is -0.481 e. The van der Waals surface area contributed by atoms with Gasteiger partial charge in [-0.25, -0.2) is 4.98 Å². The third-order valence-corrected chi connectivity index (χ3v) is 5.43. The molecule has 0 fully saturated rings. The van der Waals surface area contributed by atoms with Crippen molar-refractivity contribution in [2.75, 3.05) is 19.1 Å². The lowest BCUT2D eigenvalue weighted by atomic mass is 10.3. The molecule has 1 amide bonds. The number of nitrogens with zero attached hydrogens (tertiary/aromatic N) is 5. The summed E-state index contributed by atoms with van der Waals surface area (Å²) < 4.78 is 11.1. The summed E-state index contributed by atoms with van der Waals surface area (Å²) in [6.07, 6.45) is 1.67. The van der Waals surface area contributed by atoms with Gasteiger partial charge in [0.05, 0.1) is 36.7 Å². The van der Waals surface area contributed by atoms with E-state index >= 15 is 0 Å². The van der Waals surface area contributed by atoms with Crippen LogP contribution in [0.1, 0.15) is 16.2 Å². The molecule has 0 aliphatic heterocycles. The molecule has 1 aromatic carbocycles. The highest BCUT2D eigenvalue weighted by atomic mass is 35.5. The summed E-state index contributed by atoms with van der Waals surface area (Å²) in [7, 11) is 2.88. The zero-order valence-corrected chi connectivity index (χ0v) is 17.6. The average molecular weight is 442 g/mol. The first-order valence-electron chi connectivity index (χ1n) is 8.82. The molecule has 3 aromatic heterocycles. The molecule has 30 heavy (non-hydrogen) atoms. The van der Waals surface area contributed by atoms with Crippen molar-refractivity contribution in [3.8, 4) is 11.9 Å². The fraction of sp³-hybridized carbons (Fsp3) is 0.150. The van der Waals surface area contributed by atoms with E-state index in [1.807, 2.05) is 30.3 Å². The van der Waals surface area contributed by atoms with Crippen LogP contribution in [0.15, 0.2) is 48.7 Å². The maximum absolute atomic E-state index is 13.5. The number of amides is 1. The summed E-state index contributed by atoms with van der Waals surface area (Å²) in [5.74, 6) is -0.163. The number of hydrogen-bond donors (Lipinski definition) is 0. The average Bonchev–Trinajstić information content (AvgIpc) is 3.20. The third kappa shape index (κ3) is 4.17. The Morgan fingerprint density at radius 2 is 1.97 bits per heavy atom. The van der Waals surface area contributed by atoms with Crippen LogP contribution in [-0.4, -0.2) is 40.1 Å². The number of rotatable bonds is 6. The number of ether oxygens (including phenoxy) is 2. The molecule has 8 nitrogen and oxygen atoms in total. The molecule has 10 heteroatoms. The van der Waals surface area contributed by atoms with Crippen LogP contribution < -0.4 is 14.4 Å². The Bertz CT molecular complexity index is 1180. The molecule has 152 valence electrons. The number of anilines is 1. The quantitative estimate of drug-likeness (QED) is 0.446. The smallest absolute Gasteiger partial charge is 0.320 e. The first kappa shape index (κ1) is 20.0. The lowest BCUT2D eigenvalue weighted by Crippen LogP contribution is -2.31. The fourth-order valence-electron chi connectivity index (χ4n) is 2.73. The maximum atomic E-state index is 13.5. The molecule has 0 aliphatic carbocycles. The first-order chi connectivity index (χ1) is 14.6. The number of aromatic nitrogens is 4. The third-order valence-electron chi connectivity index (χ3n) is 4.15. The van der Waals surface area contributed by atoms with E-state index < -0.39 is 0 Å². The number of methoxy groups -OCH3 is 2. The van der Waals surface area contributed by atoms with E-state index in [2.05, 4.69) is 19.9 Å². The van der Waals surface area contributed by atoms with E-state index in [-0.39, 0.29) is 30.0 Å². The van der Waals surface area contributed by atoms with Gasteiger partial charge in [-0.1, -0.05) is 29.0 Å². The van der Waals surface area contributed by atoms with Gasteiger partial charge in [-0.3, -0.25) is 14.7 Å². The Morgan fingerprint density at radius 1 is 1.10 bits per heavy atom. The second-order valence-corrected chi connectivity index (χ2v) is 7.55. The highest BCUT2D eigenvalue weighted by molar-refractivity contribution is 7.22. The van der Waals surface area contributed by atoms with Gasteiger partial charge in [-0.15, -0.1) is 0 Å². The molecule has 0 spiro atoms. The Morgan fingerprint density at radius 3 is 2.70 bits per heavy atom. The standard InChI is InChI=1S/C20H16ClN5O3S/c1-28-17-10-15(23-19(25-17)29-2)18(27)26(11-13-5-3-4-8-22-13)20-24-14-7-6-12(21)9-16(14)30-20/h3-10H,11H2,1-2H3. The van der Waals surface area contributed by atoms with E-state index in [0.29, 0.717) is 15.8 Å². The van der Waals surface area contributed by atoms with E-state index in [0.717, 1.165) is 10.2 Å².